The summed E-state index contributed by atoms with van der Waals surface area (Å²) in [6.45, 7) is 4.74. The molecule has 0 radical (unpaired) electrons. The quantitative estimate of drug-likeness (QED) is 0.611. The third kappa shape index (κ3) is 5.42. The number of hydrogen-bond donors (Lipinski definition) is 2. The van der Waals surface area contributed by atoms with Gasteiger partial charge in [0.1, 0.15) is 23.9 Å². The van der Waals surface area contributed by atoms with Gasteiger partial charge in [-0.2, -0.15) is 5.10 Å². The Bertz CT molecular complexity index is 1220. The van der Waals surface area contributed by atoms with Gasteiger partial charge in [0.05, 0.1) is 11.4 Å². The fraction of sp³-hybridized carbons (Fsp3) is 0.217. The monoisotopic (exact) mass is 440 g/mol. The Kier molecular flexibility index (Phi) is 6.77. The van der Waals surface area contributed by atoms with Crippen LogP contribution in [-0.2, 0) is 16.1 Å². The van der Waals surface area contributed by atoms with Crippen molar-refractivity contribution in [2.45, 2.75) is 27.3 Å². The lowest BCUT2D eigenvalue weighted by molar-refractivity contribution is -0.119. The predicted molar refractivity (Wildman–Crippen MR) is 117 cm³/mol. The van der Waals surface area contributed by atoms with Crippen LogP contribution in [0.15, 0.2) is 53.3 Å². The number of aromatic nitrogens is 2. The number of benzene rings is 2. The normalized spacial score (nSPS) is 10.8. The lowest BCUT2D eigenvalue weighted by Gasteiger charge is -2.13. The third-order valence-corrected chi connectivity index (χ3v) is 4.60. The number of carbonyl (C=O) groups is 2. The van der Waals surface area contributed by atoms with Gasteiger partial charge in [0.25, 0.3) is 5.56 Å². The van der Waals surface area contributed by atoms with Crippen molar-refractivity contribution < 1.29 is 18.4 Å². The van der Waals surface area contributed by atoms with E-state index >= 15 is 0 Å². The first kappa shape index (κ1) is 22.8. The summed E-state index contributed by atoms with van der Waals surface area (Å²) >= 11 is 0. The topological polar surface area (TPSA) is 93.1 Å². The Morgan fingerprint density at radius 3 is 2.31 bits per heavy atom. The molecule has 2 N–H and O–H groups in total. The number of aryl methyl sites for hydroxylation is 1. The smallest absolute Gasteiger partial charge is 0.291 e. The van der Waals surface area contributed by atoms with Gasteiger partial charge in [0.15, 0.2) is 0 Å². The summed E-state index contributed by atoms with van der Waals surface area (Å²) in [7, 11) is 0. The van der Waals surface area contributed by atoms with Crippen molar-refractivity contribution in [1.82, 2.24) is 9.78 Å². The molecule has 0 unspecified atom stereocenters. The van der Waals surface area contributed by atoms with E-state index in [9.17, 15) is 23.2 Å². The predicted octanol–water partition coefficient (Wildman–Crippen LogP) is 3.73. The van der Waals surface area contributed by atoms with Crippen LogP contribution < -0.4 is 16.2 Å². The highest BCUT2D eigenvalue weighted by molar-refractivity contribution is 5.93. The van der Waals surface area contributed by atoms with E-state index in [1.807, 2.05) is 19.1 Å². The lowest BCUT2D eigenvalue weighted by atomic mass is 10.1. The van der Waals surface area contributed by atoms with Crippen LogP contribution in [0.25, 0.3) is 11.3 Å². The highest BCUT2D eigenvalue weighted by Crippen LogP contribution is 2.20. The summed E-state index contributed by atoms with van der Waals surface area (Å²) in [5.41, 5.74) is 1.11. The molecular formula is C23H22F2N4O3. The van der Waals surface area contributed by atoms with Gasteiger partial charge in [-0.25, -0.2) is 13.5 Å². The largest absolute Gasteiger partial charge is 0.322 e. The zero-order chi connectivity index (χ0) is 23.4. The fourth-order valence-corrected chi connectivity index (χ4v) is 2.80. The van der Waals surface area contributed by atoms with Gasteiger partial charge in [0, 0.05) is 17.5 Å². The summed E-state index contributed by atoms with van der Waals surface area (Å²) in [6.07, 6.45) is 0. The van der Waals surface area contributed by atoms with Gasteiger partial charge in [0.2, 0.25) is 11.8 Å². The zero-order valence-electron chi connectivity index (χ0n) is 17.8. The summed E-state index contributed by atoms with van der Waals surface area (Å²) in [5.74, 6) is -3.21. The third-order valence-electron chi connectivity index (χ3n) is 4.60. The fourth-order valence-electron chi connectivity index (χ4n) is 2.80. The minimum atomic E-state index is -0.947. The molecule has 1 heterocycles. The Labute approximate surface area is 183 Å². The van der Waals surface area contributed by atoms with Crippen LogP contribution in [0.5, 0.6) is 0 Å². The molecule has 0 bridgehead atoms. The molecule has 2 aromatic carbocycles. The molecule has 3 aromatic rings. The highest BCUT2D eigenvalue weighted by Gasteiger charge is 2.17. The number of anilines is 2. The minimum absolute atomic E-state index is 0.0324. The van der Waals surface area contributed by atoms with Gasteiger partial charge in [-0.3, -0.25) is 14.4 Å². The Morgan fingerprint density at radius 1 is 1.00 bits per heavy atom. The summed E-state index contributed by atoms with van der Waals surface area (Å²) in [4.78, 5) is 37.5. The van der Waals surface area contributed by atoms with E-state index < -0.39 is 29.6 Å². The number of nitrogens with zero attached hydrogens (tertiary/aromatic N) is 2. The van der Waals surface area contributed by atoms with Gasteiger partial charge < -0.3 is 10.6 Å². The van der Waals surface area contributed by atoms with Gasteiger partial charge in [-0.1, -0.05) is 43.7 Å². The maximum absolute atomic E-state index is 13.8. The molecule has 32 heavy (non-hydrogen) atoms. The highest BCUT2D eigenvalue weighted by atomic mass is 19.1. The van der Waals surface area contributed by atoms with Crippen LogP contribution in [0.3, 0.4) is 0 Å². The molecule has 0 aliphatic rings. The van der Waals surface area contributed by atoms with Gasteiger partial charge in [-0.05, 0) is 25.1 Å². The van der Waals surface area contributed by atoms with Crippen LogP contribution in [0.2, 0.25) is 0 Å². The zero-order valence-corrected chi connectivity index (χ0v) is 17.8. The first-order valence-corrected chi connectivity index (χ1v) is 9.89. The molecule has 1 aromatic heterocycles. The number of nitrogens with one attached hydrogen (secondary N) is 2. The second-order valence-corrected chi connectivity index (χ2v) is 7.59. The summed E-state index contributed by atoms with van der Waals surface area (Å²) < 4.78 is 27.8. The van der Waals surface area contributed by atoms with E-state index in [1.54, 1.807) is 26.0 Å². The molecule has 0 saturated heterocycles. The average molecular weight is 440 g/mol. The van der Waals surface area contributed by atoms with E-state index in [-0.39, 0.29) is 23.2 Å². The van der Waals surface area contributed by atoms with E-state index in [1.165, 1.54) is 6.07 Å². The maximum atomic E-state index is 13.8. The summed E-state index contributed by atoms with van der Waals surface area (Å²) in [5, 5.41) is 9.10. The Morgan fingerprint density at radius 2 is 1.69 bits per heavy atom. The Balaban J connectivity index is 1.96. The second-order valence-electron chi connectivity index (χ2n) is 7.59. The van der Waals surface area contributed by atoms with Gasteiger partial charge >= 0.3 is 0 Å². The van der Waals surface area contributed by atoms with Crippen molar-refractivity contribution in [1.29, 1.82) is 0 Å². The van der Waals surface area contributed by atoms with Crippen molar-refractivity contribution in [3.05, 3.63) is 76.1 Å². The SMILES string of the molecule is Cc1ccc(-c2cc(NC(=O)C(C)C)c(=O)n(CC(=O)Nc3ccc(F)cc3F)n2)cc1. The molecule has 166 valence electrons. The maximum Gasteiger partial charge on any atom is 0.291 e. The molecule has 9 heteroatoms. The summed E-state index contributed by atoms with van der Waals surface area (Å²) in [6, 6.07) is 11.5. The molecule has 0 saturated carbocycles. The number of halogens is 2. The standard InChI is InChI=1S/C23H22F2N4O3/c1-13(2)22(31)27-20-11-19(15-6-4-14(3)5-7-15)28-29(23(20)32)12-21(30)26-18-9-8-16(24)10-17(18)25/h4-11,13H,12H2,1-3H3,(H,26,30)(H,27,31). The van der Waals surface area contributed by atoms with E-state index in [0.29, 0.717) is 17.3 Å². The van der Waals surface area contributed by atoms with Crippen molar-refractivity contribution in [2.24, 2.45) is 5.92 Å². The van der Waals surface area contributed by atoms with Crippen LogP contribution in [0.1, 0.15) is 19.4 Å². The minimum Gasteiger partial charge on any atom is -0.322 e. The Hall–Kier alpha value is -3.88. The van der Waals surface area contributed by atoms with Crippen LogP contribution in [0, 0.1) is 24.5 Å². The number of hydrogen-bond acceptors (Lipinski definition) is 4. The van der Waals surface area contributed by atoms with Crippen molar-refractivity contribution in [2.75, 3.05) is 10.6 Å². The van der Waals surface area contributed by atoms with Crippen molar-refractivity contribution in [3.8, 4) is 11.3 Å². The van der Waals surface area contributed by atoms with Gasteiger partial charge in [-0.15, -0.1) is 0 Å². The lowest BCUT2D eigenvalue weighted by Crippen LogP contribution is -2.33. The van der Waals surface area contributed by atoms with Crippen molar-refractivity contribution in [3.63, 3.8) is 0 Å². The molecule has 0 aliphatic carbocycles. The van der Waals surface area contributed by atoms with Crippen LogP contribution in [-0.4, -0.2) is 21.6 Å². The number of rotatable bonds is 6. The molecule has 2 amide bonds. The molecule has 0 aliphatic heterocycles. The van der Waals surface area contributed by atoms with Crippen molar-refractivity contribution >= 4 is 23.2 Å². The van der Waals surface area contributed by atoms with E-state index in [0.717, 1.165) is 22.4 Å². The number of carbonyl (C=O) groups excluding carboxylic acids is 2. The van der Waals surface area contributed by atoms with Crippen LogP contribution in [0.4, 0.5) is 20.2 Å². The second kappa shape index (κ2) is 9.51. The molecule has 0 spiro atoms. The molecule has 3 rings (SSSR count). The van der Waals surface area contributed by atoms with E-state index in [2.05, 4.69) is 15.7 Å². The van der Waals surface area contributed by atoms with E-state index in [4.69, 9.17) is 0 Å². The molecule has 0 atom stereocenters. The molecular weight excluding hydrogens is 418 g/mol. The average Bonchev–Trinajstić information content (AvgIpc) is 2.73. The first-order chi connectivity index (χ1) is 15.1. The number of amides is 2. The molecule has 7 nitrogen and oxygen atoms in total. The molecule has 0 fully saturated rings. The van der Waals surface area contributed by atoms with Crippen LogP contribution >= 0.6 is 0 Å². The first-order valence-electron chi connectivity index (χ1n) is 9.89.